The highest BCUT2D eigenvalue weighted by Crippen LogP contribution is 2.36. The van der Waals surface area contributed by atoms with Crippen LogP contribution in [0.1, 0.15) is 24.1 Å². The van der Waals surface area contributed by atoms with Gasteiger partial charge in [0.1, 0.15) is 0 Å². The van der Waals surface area contributed by atoms with Gasteiger partial charge in [0.25, 0.3) is 0 Å². The number of benzene rings is 2. The monoisotopic (exact) mass is 496 g/mol. The number of H-pyrrole nitrogens is 1. The Morgan fingerprint density at radius 1 is 1.11 bits per heavy atom. The minimum Gasteiger partial charge on any atom is -0.489 e. The predicted molar refractivity (Wildman–Crippen MR) is 131 cm³/mol. The summed E-state index contributed by atoms with van der Waals surface area (Å²) in [6, 6.07) is 15.2. The summed E-state index contributed by atoms with van der Waals surface area (Å²) in [6.45, 7) is -0.635. The number of ether oxygens (including phenoxy) is 2. The van der Waals surface area contributed by atoms with E-state index in [0.717, 1.165) is 29.8 Å². The molecule has 2 fully saturated rings. The van der Waals surface area contributed by atoms with E-state index in [2.05, 4.69) is 27.0 Å². The molecule has 5 rings (SSSR count). The van der Waals surface area contributed by atoms with Gasteiger partial charge < -0.3 is 24.3 Å². The molecule has 1 aromatic heterocycles. The Kier molecular flexibility index (Phi) is 7.34. The fourth-order valence-corrected chi connectivity index (χ4v) is 4.62. The van der Waals surface area contributed by atoms with Gasteiger partial charge in [-0.3, -0.25) is 4.79 Å². The number of rotatable bonds is 10. The van der Waals surface area contributed by atoms with Crippen LogP contribution in [0.25, 0.3) is 0 Å². The molecule has 190 valence electrons. The van der Waals surface area contributed by atoms with Gasteiger partial charge in [0, 0.05) is 43.3 Å². The quantitative estimate of drug-likeness (QED) is 0.453. The first-order valence-electron chi connectivity index (χ1n) is 12.3. The molecular formula is C27H30F2N4O3. The Labute approximate surface area is 209 Å². The third-order valence-electron chi connectivity index (χ3n) is 6.69. The summed E-state index contributed by atoms with van der Waals surface area (Å²) < 4.78 is 36.5. The minimum absolute atomic E-state index is 0.0450. The molecule has 1 atom stereocenters. The second-order valence-corrected chi connectivity index (χ2v) is 9.39. The zero-order chi connectivity index (χ0) is 24.9. The van der Waals surface area contributed by atoms with Crippen molar-refractivity contribution < 1.29 is 23.0 Å². The van der Waals surface area contributed by atoms with E-state index >= 15 is 0 Å². The fraction of sp³-hybridized carbons (Fsp3) is 0.407. The van der Waals surface area contributed by atoms with Crippen LogP contribution in [0.2, 0.25) is 0 Å². The molecule has 2 aliphatic rings. The van der Waals surface area contributed by atoms with Crippen LogP contribution < -0.4 is 14.4 Å². The van der Waals surface area contributed by atoms with Gasteiger partial charge in [0.2, 0.25) is 5.91 Å². The van der Waals surface area contributed by atoms with Crippen LogP contribution in [0.5, 0.6) is 11.5 Å². The maximum Gasteiger partial charge on any atom is 0.387 e. The van der Waals surface area contributed by atoms with Crippen molar-refractivity contribution in [2.75, 3.05) is 31.1 Å². The number of aromatic amines is 1. The number of amides is 1. The van der Waals surface area contributed by atoms with E-state index < -0.39 is 6.61 Å². The zero-order valence-corrected chi connectivity index (χ0v) is 20.0. The van der Waals surface area contributed by atoms with Crippen molar-refractivity contribution in [1.29, 1.82) is 0 Å². The molecule has 36 heavy (non-hydrogen) atoms. The highest BCUT2D eigenvalue weighted by molar-refractivity contribution is 5.79. The summed E-state index contributed by atoms with van der Waals surface area (Å²) in [7, 11) is 0. The number of nitrogens with zero attached hydrogens (tertiary/aromatic N) is 3. The summed E-state index contributed by atoms with van der Waals surface area (Å²) in [5.41, 5.74) is 2.80. The number of alkyl halides is 2. The van der Waals surface area contributed by atoms with Crippen molar-refractivity contribution in [2.45, 2.75) is 38.3 Å². The number of carbonyl (C=O) groups is 1. The Morgan fingerprint density at radius 2 is 1.94 bits per heavy atom. The fourth-order valence-electron chi connectivity index (χ4n) is 4.62. The number of imidazole rings is 1. The first kappa shape index (κ1) is 24.1. The Bertz CT molecular complexity index is 1140. The normalized spacial score (nSPS) is 17.9. The molecule has 2 heterocycles. The minimum atomic E-state index is -2.92. The third kappa shape index (κ3) is 6.13. The Morgan fingerprint density at radius 3 is 2.67 bits per heavy atom. The summed E-state index contributed by atoms with van der Waals surface area (Å²) in [5, 5.41) is 0. The highest BCUT2D eigenvalue weighted by atomic mass is 19.3. The van der Waals surface area contributed by atoms with Crippen molar-refractivity contribution in [2.24, 2.45) is 5.92 Å². The van der Waals surface area contributed by atoms with E-state index in [-0.39, 0.29) is 24.1 Å². The second-order valence-electron chi connectivity index (χ2n) is 9.39. The summed E-state index contributed by atoms with van der Waals surface area (Å²) in [6.07, 6.45) is 6.42. The third-order valence-corrected chi connectivity index (χ3v) is 6.69. The molecule has 7 nitrogen and oxygen atoms in total. The molecule has 1 aliphatic heterocycles. The van der Waals surface area contributed by atoms with Crippen LogP contribution in [0.15, 0.2) is 61.1 Å². The van der Waals surface area contributed by atoms with Gasteiger partial charge in [-0.25, -0.2) is 4.98 Å². The molecule has 1 aliphatic carbocycles. The smallest absolute Gasteiger partial charge is 0.387 e. The van der Waals surface area contributed by atoms with Gasteiger partial charge in [-0.15, -0.1) is 0 Å². The van der Waals surface area contributed by atoms with Gasteiger partial charge >= 0.3 is 6.61 Å². The maximum atomic E-state index is 13.2. The van der Waals surface area contributed by atoms with Crippen LogP contribution >= 0.6 is 0 Å². The van der Waals surface area contributed by atoms with Crippen molar-refractivity contribution in [3.63, 3.8) is 0 Å². The van der Waals surface area contributed by atoms with Crippen molar-refractivity contribution in [3.05, 3.63) is 72.3 Å². The van der Waals surface area contributed by atoms with Gasteiger partial charge in [0.05, 0.1) is 25.4 Å². The maximum absolute atomic E-state index is 13.2. The van der Waals surface area contributed by atoms with Crippen molar-refractivity contribution >= 4 is 11.6 Å². The first-order valence-corrected chi connectivity index (χ1v) is 12.3. The van der Waals surface area contributed by atoms with Crippen LogP contribution in [0.3, 0.4) is 0 Å². The van der Waals surface area contributed by atoms with Crippen LogP contribution in [0.4, 0.5) is 14.5 Å². The number of halogens is 2. The molecule has 2 aromatic carbocycles. The summed E-state index contributed by atoms with van der Waals surface area (Å²) in [4.78, 5) is 24.4. The highest BCUT2D eigenvalue weighted by Gasteiger charge is 2.31. The molecule has 0 spiro atoms. The number of carbonyl (C=O) groups excluding carboxylic acids is 1. The number of nitrogens with one attached hydrogen (secondary N) is 1. The van der Waals surface area contributed by atoms with Crippen LogP contribution in [0, 0.1) is 5.92 Å². The molecule has 1 amide bonds. The van der Waals surface area contributed by atoms with Crippen molar-refractivity contribution in [1.82, 2.24) is 14.9 Å². The number of piperazine rings is 1. The molecule has 1 saturated carbocycles. The van der Waals surface area contributed by atoms with Gasteiger partial charge in [-0.05, 0) is 42.9 Å². The van der Waals surface area contributed by atoms with E-state index in [0.29, 0.717) is 44.3 Å². The Hall–Kier alpha value is -3.62. The lowest BCUT2D eigenvalue weighted by Crippen LogP contribution is -2.56. The Balaban J connectivity index is 1.35. The molecule has 1 N–H and O–H groups in total. The van der Waals surface area contributed by atoms with E-state index in [1.807, 2.05) is 23.1 Å². The van der Waals surface area contributed by atoms with E-state index in [4.69, 9.17) is 9.47 Å². The molecular weight excluding hydrogens is 466 g/mol. The molecule has 0 bridgehead atoms. The van der Waals surface area contributed by atoms with Gasteiger partial charge in [-0.2, -0.15) is 8.78 Å². The molecule has 3 aromatic rings. The summed E-state index contributed by atoms with van der Waals surface area (Å²) in [5.74, 6) is 0.905. The number of anilines is 1. The van der Waals surface area contributed by atoms with Gasteiger partial charge in [0.15, 0.2) is 11.5 Å². The van der Waals surface area contributed by atoms with Crippen molar-refractivity contribution in [3.8, 4) is 11.5 Å². The van der Waals surface area contributed by atoms with Crippen LogP contribution in [-0.2, 0) is 17.6 Å². The number of aromatic nitrogens is 2. The molecule has 1 saturated heterocycles. The zero-order valence-electron chi connectivity index (χ0n) is 20.0. The van der Waals surface area contributed by atoms with E-state index in [1.165, 1.54) is 0 Å². The SMILES string of the molecule is O=C(Cc1cnc[nH]1)N1CCN(c2ccc(OC(F)F)c(OCC3CC3)c2)C[C@@H]1Cc1ccccc1. The standard InChI is InChI=1S/C27H30F2N4O3/c28-27(29)36-24-9-8-22(14-25(24)35-17-20-6-7-20)32-10-11-33(26(34)13-21-15-30-18-31-21)23(16-32)12-19-4-2-1-3-5-19/h1-5,8-9,14-15,18,20,23,27H,6-7,10-13,16-17H2,(H,30,31)/t23-/m0/s1. The average Bonchev–Trinajstić information content (AvgIpc) is 3.57. The van der Waals surface area contributed by atoms with E-state index in [1.54, 1.807) is 30.7 Å². The topological polar surface area (TPSA) is 70.7 Å². The number of hydrogen-bond donors (Lipinski definition) is 1. The van der Waals surface area contributed by atoms with Crippen LogP contribution in [-0.4, -0.2) is 59.7 Å². The first-order chi connectivity index (χ1) is 17.5. The lowest BCUT2D eigenvalue weighted by molar-refractivity contribution is -0.133. The average molecular weight is 497 g/mol. The van der Waals surface area contributed by atoms with E-state index in [9.17, 15) is 13.6 Å². The lowest BCUT2D eigenvalue weighted by Gasteiger charge is -2.43. The largest absolute Gasteiger partial charge is 0.489 e. The molecule has 0 radical (unpaired) electrons. The van der Waals surface area contributed by atoms with Gasteiger partial charge in [-0.1, -0.05) is 30.3 Å². The molecule has 9 heteroatoms. The summed E-state index contributed by atoms with van der Waals surface area (Å²) >= 11 is 0. The lowest BCUT2D eigenvalue weighted by atomic mass is 10.0. The predicted octanol–water partition coefficient (Wildman–Crippen LogP) is 4.30. The molecule has 0 unspecified atom stereocenters. The number of hydrogen-bond acceptors (Lipinski definition) is 5. The second kappa shape index (κ2) is 11.0.